The van der Waals surface area contributed by atoms with E-state index in [1.807, 2.05) is 18.2 Å². The lowest BCUT2D eigenvalue weighted by Crippen LogP contribution is -2.49. The normalized spacial score (nSPS) is 34.9. The van der Waals surface area contributed by atoms with Gasteiger partial charge < -0.3 is 24.4 Å². The van der Waals surface area contributed by atoms with Crippen LogP contribution in [-0.4, -0.2) is 80.5 Å². The van der Waals surface area contributed by atoms with Crippen LogP contribution in [0.25, 0.3) is 0 Å². The minimum Gasteiger partial charge on any atom is -0.490 e. The van der Waals surface area contributed by atoms with Crippen molar-refractivity contribution in [2.45, 2.75) is 75.5 Å². The van der Waals surface area contributed by atoms with Crippen molar-refractivity contribution in [1.29, 1.82) is 0 Å². The summed E-state index contributed by atoms with van der Waals surface area (Å²) in [5, 5.41) is 3.18. The summed E-state index contributed by atoms with van der Waals surface area (Å²) >= 11 is 6.44. The number of fused-ring (bicyclic) bond motifs is 4. The fourth-order valence-corrected chi connectivity index (χ4v) is 10.7. The largest absolute Gasteiger partial charge is 0.490 e. The Balaban J connectivity index is 1.28. The Labute approximate surface area is 309 Å². The Morgan fingerprint density at radius 3 is 2.63 bits per heavy atom. The molecule has 2 aromatic carbocycles. The number of alkyl halides is 2. The molecule has 2 heterocycles. The first-order valence-electron chi connectivity index (χ1n) is 18.1. The van der Waals surface area contributed by atoms with Crippen LogP contribution in [0, 0.1) is 23.7 Å². The number of hydrogen-bond acceptors (Lipinski definition) is 7. The number of carbonyl (C=O) groups excluding carboxylic acids is 2. The summed E-state index contributed by atoms with van der Waals surface area (Å²) in [6, 6.07) is 9.58. The van der Waals surface area contributed by atoms with Crippen molar-refractivity contribution in [1.82, 2.24) is 10.0 Å². The average Bonchev–Trinajstić information content (AvgIpc) is 3.88. The highest BCUT2D eigenvalue weighted by atomic mass is 35.5. The van der Waals surface area contributed by atoms with E-state index in [1.54, 1.807) is 32.2 Å². The standard InChI is InChI=1S/C38H47ClF2N4O6S/c1-22-19-52(48,44-37(47)42-30-17-28(30)35(40)41)43-36(46)24-7-11-34-31(16-24)45(18-25-6-9-27(25)33(50-3)13-12-32(22)49-2)20-38(21-51-34)14-4-5-23-15-26(39)8-10-29(23)38/h7-8,10-13,15-16,22,25,27-28,30,32-33,35H,4-6,9,14,17-21H2,1-3H3,(H2,42,43,44,46,47,48)/b13-12+/t22-,25+,27-,28+,30+,32+,33+,38+,52?/m1/s1. The molecule has 3 amide bonds. The molecule has 2 N–H and O–H groups in total. The number of nitrogens with one attached hydrogen (secondary N) is 2. The maximum atomic E-state index is 14.5. The highest BCUT2D eigenvalue weighted by molar-refractivity contribution is 7.92. The van der Waals surface area contributed by atoms with Gasteiger partial charge in [0.2, 0.25) is 6.43 Å². The van der Waals surface area contributed by atoms with Crippen molar-refractivity contribution in [3.8, 4) is 5.75 Å². The zero-order valence-corrected chi connectivity index (χ0v) is 31.3. The van der Waals surface area contributed by atoms with Crippen LogP contribution in [0.1, 0.15) is 60.5 Å². The van der Waals surface area contributed by atoms with E-state index < -0.39 is 52.3 Å². The third kappa shape index (κ3) is 7.56. The molecule has 2 saturated carbocycles. The van der Waals surface area contributed by atoms with Gasteiger partial charge in [0.25, 0.3) is 5.91 Å². The third-order valence-electron chi connectivity index (χ3n) is 11.7. The summed E-state index contributed by atoms with van der Waals surface area (Å²) in [4.78, 5) is 29.3. The van der Waals surface area contributed by atoms with Crippen LogP contribution >= 0.6 is 11.6 Å². The van der Waals surface area contributed by atoms with Crippen molar-refractivity contribution >= 4 is 39.1 Å². The first-order valence-corrected chi connectivity index (χ1v) is 20.2. The van der Waals surface area contributed by atoms with Crippen LogP contribution in [0.15, 0.2) is 52.9 Å². The molecule has 10 nitrogen and oxygen atoms in total. The molecular weight excluding hydrogens is 714 g/mol. The van der Waals surface area contributed by atoms with Gasteiger partial charge >= 0.3 is 6.03 Å². The molecule has 52 heavy (non-hydrogen) atoms. The molecule has 282 valence electrons. The number of urea groups is 1. The first-order chi connectivity index (χ1) is 24.9. The summed E-state index contributed by atoms with van der Waals surface area (Å²) < 4.78 is 65.8. The molecule has 0 radical (unpaired) electrons. The van der Waals surface area contributed by atoms with E-state index in [4.69, 9.17) is 25.8 Å². The van der Waals surface area contributed by atoms with Gasteiger partial charge in [-0.15, -0.1) is 4.36 Å². The second-order valence-electron chi connectivity index (χ2n) is 15.2. The molecular formula is C38H47ClF2N4O6S. The van der Waals surface area contributed by atoms with Crippen LogP contribution in [0.2, 0.25) is 5.02 Å². The predicted octanol–water partition coefficient (Wildman–Crippen LogP) is 6.55. The van der Waals surface area contributed by atoms with Crippen LogP contribution in [0.3, 0.4) is 0 Å². The number of aryl methyl sites for hydroxylation is 1. The van der Waals surface area contributed by atoms with Gasteiger partial charge in [0.15, 0.2) is 0 Å². The lowest BCUT2D eigenvalue weighted by Gasteiger charge is -2.46. The molecule has 2 fully saturated rings. The van der Waals surface area contributed by atoms with E-state index in [0.29, 0.717) is 36.4 Å². The van der Waals surface area contributed by atoms with E-state index in [2.05, 4.69) is 31.4 Å². The van der Waals surface area contributed by atoms with Crippen LogP contribution in [-0.2, 0) is 31.2 Å². The molecule has 7 rings (SSSR count). The monoisotopic (exact) mass is 760 g/mol. The summed E-state index contributed by atoms with van der Waals surface area (Å²) in [6.45, 7) is 3.62. The number of carbonyl (C=O) groups is 2. The van der Waals surface area contributed by atoms with Gasteiger partial charge in [-0.05, 0) is 97.7 Å². The second kappa shape index (κ2) is 14.9. The minimum absolute atomic E-state index is 0.117. The van der Waals surface area contributed by atoms with Crippen LogP contribution in [0.5, 0.6) is 5.75 Å². The van der Waals surface area contributed by atoms with Crippen molar-refractivity contribution < 1.29 is 36.8 Å². The molecule has 2 aromatic rings. The smallest absolute Gasteiger partial charge is 0.327 e. The zero-order chi connectivity index (χ0) is 36.8. The molecule has 9 atom stereocenters. The fraction of sp³-hybridized carbons (Fsp3) is 0.579. The van der Waals surface area contributed by atoms with Gasteiger partial charge in [-0.1, -0.05) is 36.7 Å². The SMILES string of the molecule is CO[C@H]1/C=C/[C@H](OC)[C@H](C)CS(=O)(NC(=O)N[C@H]2C[C@@H]2C(F)F)=NC(=O)c2ccc3c(c2)N(C[C@@H]2CC[C@H]21)C[C@@]1(CCCc2cc(Cl)ccc21)CO3. The molecule has 0 saturated heterocycles. The van der Waals surface area contributed by atoms with Crippen molar-refractivity contribution in [2.75, 3.05) is 44.6 Å². The Morgan fingerprint density at radius 2 is 1.92 bits per heavy atom. The Bertz CT molecular complexity index is 1850. The molecule has 3 aliphatic carbocycles. The van der Waals surface area contributed by atoms with E-state index >= 15 is 0 Å². The molecule has 5 aliphatic rings. The lowest BCUT2D eigenvalue weighted by molar-refractivity contribution is 0.0120. The molecule has 2 bridgehead atoms. The number of amides is 3. The number of nitrogens with zero attached hydrogens (tertiary/aromatic N) is 2. The van der Waals surface area contributed by atoms with Gasteiger partial charge in [0.1, 0.15) is 15.7 Å². The average molecular weight is 761 g/mol. The Morgan fingerprint density at radius 1 is 1.13 bits per heavy atom. The zero-order valence-electron chi connectivity index (χ0n) is 29.7. The number of methoxy groups -OCH3 is 2. The summed E-state index contributed by atoms with van der Waals surface area (Å²) in [5.41, 5.74) is 3.08. The highest BCUT2D eigenvalue weighted by Crippen LogP contribution is 2.47. The van der Waals surface area contributed by atoms with E-state index in [-0.39, 0.29) is 35.2 Å². The van der Waals surface area contributed by atoms with E-state index in [1.165, 1.54) is 18.2 Å². The molecule has 0 aromatic heterocycles. The fourth-order valence-electron chi connectivity index (χ4n) is 8.64. The van der Waals surface area contributed by atoms with Crippen molar-refractivity contribution in [2.24, 2.45) is 28.0 Å². The number of anilines is 1. The lowest BCUT2D eigenvalue weighted by atomic mass is 9.68. The summed E-state index contributed by atoms with van der Waals surface area (Å²) in [5.74, 6) is -1.25. The van der Waals surface area contributed by atoms with Gasteiger partial charge in [-0.3, -0.25) is 9.52 Å². The van der Waals surface area contributed by atoms with Crippen LogP contribution < -0.4 is 19.7 Å². The van der Waals surface area contributed by atoms with Gasteiger partial charge in [0.05, 0.1) is 30.3 Å². The number of rotatable bonds is 5. The maximum absolute atomic E-state index is 14.5. The van der Waals surface area contributed by atoms with Gasteiger partial charge in [-0.2, -0.15) is 0 Å². The second-order valence-corrected chi connectivity index (χ2v) is 17.6. The van der Waals surface area contributed by atoms with Crippen molar-refractivity contribution in [3.05, 3.63) is 70.3 Å². The predicted molar refractivity (Wildman–Crippen MR) is 196 cm³/mol. The molecule has 14 heteroatoms. The first kappa shape index (κ1) is 37.1. The van der Waals surface area contributed by atoms with Gasteiger partial charge in [-0.25, -0.2) is 17.8 Å². The number of hydrogen-bond donors (Lipinski definition) is 2. The summed E-state index contributed by atoms with van der Waals surface area (Å²) in [7, 11) is -0.526. The molecule has 1 unspecified atom stereocenters. The summed E-state index contributed by atoms with van der Waals surface area (Å²) in [6.07, 6.45) is 5.56. The van der Waals surface area contributed by atoms with E-state index in [9.17, 15) is 22.6 Å². The number of ether oxygens (including phenoxy) is 3. The maximum Gasteiger partial charge on any atom is 0.327 e. The topological polar surface area (TPSA) is 119 Å². The minimum atomic E-state index is -3.77. The van der Waals surface area contributed by atoms with Gasteiger partial charge in [0, 0.05) is 55.3 Å². The molecule has 2 aliphatic heterocycles. The van der Waals surface area contributed by atoms with E-state index in [0.717, 1.165) is 37.8 Å². The molecule has 1 spiro atoms. The quantitative estimate of drug-likeness (QED) is 0.332. The van der Waals surface area contributed by atoms with Crippen molar-refractivity contribution in [3.63, 3.8) is 0 Å². The third-order valence-corrected chi connectivity index (χ3v) is 13.9. The number of halogens is 3. The highest BCUT2D eigenvalue weighted by Gasteiger charge is 2.46. The Hall–Kier alpha value is -3.26. The number of benzene rings is 2. The Kier molecular flexibility index (Phi) is 10.6. The van der Waals surface area contributed by atoms with Crippen LogP contribution in [0.4, 0.5) is 19.3 Å².